The van der Waals surface area contributed by atoms with E-state index < -0.39 is 26.2 Å². The van der Waals surface area contributed by atoms with Crippen LogP contribution in [-0.2, 0) is 14.4 Å². The Morgan fingerprint density at radius 2 is 1.69 bits per heavy atom. The van der Waals surface area contributed by atoms with Crippen LogP contribution >= 0.6 is 11.6 Å². The van der Waals surface area contributed by atoms with Crippen LogP contribution in [0, 0.1) is 6.92 Å². The summed E-state index contributed by atoms with van der Waals surface area (Å²) in [6.45, 7) is 5.35. The molecular formula is C28H34ClN7O5Si. The Labute approximate surface area is 249 Å². The quantitative estimate of drug-likeness (QED) is 0.191. The van der Waals surface area contributed by atoms with E-state index in [0.717, 1.165) is 16.8 Å². The number of methoxy groups -OCH3 is 1. The first kappa shape index (κ1) is 30.9. The molecule has 2 heterocycles. The van der Waals surface area contributed by atoms with Gasteiger partial charge in [-0.25, -0.2) is 0 Å². The van der Waals surface area contributed by atoms with Gasteiger partial charge in [0.15, 0.2) is 14.1 Å². The molecule has 1 aliphatic heterocycles. The molecule has 3 amide bonds. The van der Waals surface area contributed by atoms with Crippen LogP contribution in [0.5, 0.6) is 5.75 Å². The maximum atomic E-state index is 13.0. The van der Waals surface area contributed by atoms with E-state index in [9.17, 15) is 19.2 Å². The minimum atomic E-state index is -2.50. The number of amides is 3. The van der Waals surface area contributed by atoms with Crippen LogP contribution in [0.2, 0.25) is 24.2 Å². The first-order chi connectivity index (χ1) is 19.9. The summed E-state index contributed by atoms with van der Waals surface area (Å²) in [6.07, 6.45) is -0.0789. The van der Waals surface area contributed by atoms with Crippen molar-refractivity contribution in [3.8, 4) is 11.4 Å². The second-order valence-electron chi connectivity index (χ2n) is 10.5. The topological polar surface area (TPSA) is 160 Å². The third kappa shape index (κ3) is 7.81. The molecule has 4 N–H and O–H groups in total. The smallest absolute Gasteiger partial charge is 0.239 e. The third-order valence-electron chi connectivity index (χ3n) is 6.44. The van der Waals surface area contributed by atoms with E-state index in [-0.39, 0.29) is 38.0 Å². The van der Waals surface area contributed by atoms with E-state index in [4.69, 9.17) is 21.3 Å². The molecule has 4 rings (SSSR count). The minimum Gasteiger partial charge on any atom is -0.497 e. The predicted octanol–water partition coefficient (Wildman–Crippen LogP) is 2.07. The Bertz CT molecular complexity index is 1500. The van der Waals surface area contributed by atoms with Gasteiger partial charge in [0.05, 0.1) is 31.5 Å². The highest BCUT2D eigenvalue weighted by Crippen LogP contribution is 2.34. The molecule has 14 heteroatoms. The van der Waals surface area contributed by atoms with Crippen molar-refractivity contribution in [2.75, 3.05) is 26.7 Å². The minimum absolute atomic E-state index is 0.0789. The van der Waals surface area contributed by atoms with E-state index in [0.29, 0.717) is 28.1 Å². The van der Waals surface area contributed by atoms with Gasteiger partial charge >= 0.3 is 0 Å². The fourth-order valence-corrected chi connectivity index (χ4v) is 5.56. The highest BCUT2D eigenvalue weighted by molar-refractivity contribution is 6.72. The summed E-state index contributed by atoms with van der Waals surface area (Å²) in [5.74, 6) is 0.705. The second kappa shape index (κ2) is 13.3. The molecule has 3 aromatic rings. The van der Waals surface area contributed by atoms with Crippen molar-refractivity contribution in [2.45, 2.75) is 38.5 Å². The van der Waals surface area contributed by atoms with Crippen molar-refractivity contribution < 1.29 is 23.9 Å². The van der Waals surface area contributed by atoms with E-state index in [1.807, 2.05) is 41.8 Å². The average molecular weight is 612 g/mol. The largest absolute Gasteiger partial charge is 0.497 e. The molecule has 2 aromatic carbocycles. The second-order valence-corrected chi connectivity index (χ2v) is 14.9. The first-order valence-corrected chi connectivity index (χ1v) is 17.0. The molecule has 0 unspecified atom stereocenters. The summed E-state index contributed by atoms with van der Waals surface area (Å²) in [7, 11) is -0.907. The zero-order valence-corrected chi connectivity index (χ0v) is 25.7. The number of halogens is 1. The fourth-order valence-electron chi connectivity index (χ4n) is 4.53. The normalized spacial score (nSPS) is 14.1. The lowest BCUT2D eigenvalue weighted by Gasteiger charge is -2.14. The number of benzene rings is 2. The number of nitrogens with zero attached hydrogens (tertiary/aromatic N) is 4. The molecule has 222 valence electrons. The number of aliphatic imine (C=N–C) groups is 1. The number of hydrogen-bond acceptors (Lipinski definition) is 8. The van der Waals surface area contributed by atoms with Crippen LogP contribution in [0.15, 0.2) is 47.5 Å². The van der Waals surface area contributed by atoms with E-state index in [1.165, 1.54) is 0 Å². The maximum absolute atomic E-state index is 13.0. The zero-order chi connectivity index (χ0) is 30.4. The van der Waals surface area contributed by atoms with Crippen molar-refractivity contribution in [1.29, 1.82) is 0 Å². The van der Waals surface area contributed by atoms with Crippen LogP contribution in [0.1, 0.15) is 35.2 Å². The Morgan fingerprint density at radius 1 is 1.00 bits per heavy atom. The Hall–Kier alpha value is -4.07. The van der Waals surface area contributed by atoms with Crippen LogP contribution < -0.4 is 20.7 Å². The third-order valence-corrected chi connectivity index (χ3v) is 7.88. The molecule has 1 atom stereocenters. The summed E-state index contributed by atoms with van der Waals surface area (Å²) in [6, 6.07) is 12.3. The van der Waals surface area contributed by atoms with E-state index >= 15 is 0 Å². The standard InChI is InChI=1S/C28H34ClN7O5Si/c1-17-34-35-28-22(14-24(37)32-15-25(38)30-11-12-31-26(39)16-42(3,4)40)33-27(18-5-7-19(29)8-6-18)21-13-20(41-2)9-10-23(21)36(17)28/h5-10,13,22,40H,11-12,14-16H2,1-4H3,(H,30,38)(H,31,39)(H,32,37)/t22-/m0/s1. The van der Waals surface area contributed by atoms with Crippen LogP contribution in [0.25, 0.3) is 5.69 Å². The van der Waals surface area contributed by atoms with Gasteiger partial charge in [-0.2, -0.15) is 0 Å². The Morgan fingerprint density at radius 3 is 2.36 bits per heavy atom. The predicted molar refractivity (Wildman–Crippen MR) is 161 cm³/mol. The van der Waals surface area contributed by atoms with Crippen molar-refractivity contribution in [2.24, 2.45) is 4.99 Å². The summed E-state index contributed by atoms with van der Waals surface area (Å²) in [5, 5.41) is 17.1. The van der Waals surface area contributed by atoms with Crippen LogP contribution in [-0.4, -0.2) is 78.1 Å². The summed E-state index contributed by atoms with van der Waals surface area (Å²) in [5.41, 5.74) is 3.00. The maximum Gasteiger partial charge on any atom is 0.239 e. The number of carbonyl (C=O) groups is 3. The van der Waals surface area contributed by atoms with Gasteiger partial charge in [0.25, 0.3) is 0 Å². The van der Waals surface area contributed by atoms with Gasteiger partial charge in [0, 0.05) is 35.3 Å². The molecule has 0 spiro atoms. The van der Waals surface area contributed by atoms with Crippen LogP contribution in [0.3, 0.4) is 0 Å². The van der Waals surface area contributed by atoms with Crippen LogP contribution in [0.4, 0.5) is 0 Å². The first-order valence-electron chi connectivity index (χ1n) is 13.4. The zero-order valence-electron chi connectivity index (χ0n) is 23.9. The summed E-state index contributed by atoms with van der Waals surface area (Å²) < 4.78 is 7.36. The molecule has 0 aliphatic carbocycles. The number of rotatable bonds is 11. The van der Waals surface area contributed by atoms with Crippen molar-refractivity contribution >= 4 is 43.4 Å². The number of carbonyl (C=O) groups excluding carboxylic acids is 3. The highest BCUT2D eigenvalue weighted by Gasteiger charge is 2.30. The molecule has 1 aliphatic rings. The highest BCUT2D eigenvalue weighted by atomic mass is 35.5. The lowest BCUT2D eigenvalue weighted by molar-refractivity contribution is -0.126. The van der Waals surface area contributed by atoms with Gasteiger partial charge in [-0.05, 0) is 50.3 Å². The molecular weight excluding hydrogens is 578 g/mol. The van der Waals surface area contributed by atoms with Gasteiger partial charge < -0.3 is 25.5 Å². The van der Waals surface area contributed by atoms with Crippen molar-refractivity contribution in [3.63, 3.8) is 0 Å². The monoisotopic (exact) mass is 611 g/mol. The van der Waals surface area contributed by atoms with Gasteiger partial charge in [-0.15, -0.1) is 10.2 Å². The molecule has 0 fully saturated rings. The van der Waals surface area contributed by atoms with Gasteiger partial charge in [0.2, 0.25) is 17.7 Å². The van der Waals surface area contributed by atoms with E-state index in [2.05, 4.69) is 26.1 Å². The summed E-state index contributed by atoms with van der Waals surface area (Å²) in [4.78, 5) is 52.0. The van der Waals surface area contributed by atoms with Crippen molar-refractivity contribution in [1.82, 2.24) is 30.7 Å². The van der Waals surface area contributed by atoms with Gasteiger partial charge in [-0.3, -0.25) is 23.9 Å². The lowest BCUT2D eigenvalue weighted by Crippen LogP contribution is -2.42. The average Bonchev–Trinajstić information content (AvgIpc) is 3.26. The molecule has 42 heavy (non-hydrogen) atoms. The molecule has 0 bridgehead atoms. The fraction of sp³-hybridized carbons (Fsp3) is 0.357. The number of nitrogens with one attached hydrogen (secondary N) is 3. The molecule has 0 saturated heterocycles. The number of fused-ring (bicyclic) bond motifs is 3. The SMILES string of the molecule is COc1ccc2c(c1)C(c1ccc(Cl)cc1)=N[C@@H](CC(=O)NCC(=O)NCCNC(=O)C[Si](C)(C)O)c1nnc(C)n1-2. The molecule has 1 aromatic heterocycles. The van der Waals surface area contributed by atoms with Gasteiger partial charge in [-0.1, -0.05) is 23.7 Å². The summed E-state index contributed by atoms with van der Waals surface area (Å²) >= 11 is 6.15. The molecule has 0 radical (unpaired) electrons. The Balaban J connectivity index is 1.48. The molecule has 12 nitrogen and oxygen atoms in total. The number of ether oxygens (including phenoxy) is 1. The van der Waals surface area contributed by atoms with Crippen molar-refractivity contribution in [3.05, 3.63) is 70.3 Å². The number of hydrogen-bond donors (Lipinski definition) is 4. The number of aromatic nitrogens is 3. The van der Waals surface area contributed by atoms with E-state index in [1.54, 1.807) is 32.3 Å². The lowest BCUT2D eigenvalue weighted by atomic mass is 10.00. The van der Waals surface area contributed by atoms with Gasteiger partial charge in [0.1, 0.15) is 17.6 Å². The molecule has 0 saturated carbocycles. The Kier molecular flexibility index (Phi) is 9.76. The number of aryl methyl sites for hydroxylation is 1.